The van der Waals surface area contributed by atoms with E-state index in [2.05, 4.69) is 23.6 Å². The molecule has 0 aromatic heterocycles. The summed E-state index contributed by atoms with van der Waals surface area (Å²) in [6.45, 7) is 5.93. The molecule has 0 aromatic rings. The predicted molar refractivity (Wildman–Crippen MR) is 60.7 cm³/mol. The van der Waals surface area contributed by atoms with E-state index in [1.807, 2.05) is 0 Å². The number of thioether (sulfide) groups is 1. The molecule has 3 nitrogen and oxygen atoms in total. The standard InChI is InChI=1S/C10H20N2OS/c1-9-6-14-5-3-12(9)10(7-11)2-4-13-8-10/h9H,2-8,11H2,1H3. The first-order chi connectivity index (χ1) is 6.78. The fourth-order valence-electron chi connectivity index (χ4n) is 2.53. The third kappa shape index (κ3) is 1.81. The van der Waals surface area contributed by atoms with Crippen LogP contribution in [0.3, 0.4) is 0 Å². The molecule has 2 heterocycles. The maximum Gasteiger partial charge on any atom is 0.0663 e. The Bertz CT molecular complexity index is 195. The topological polar surface area (TPSA) is 38.5 Å². The lowest BCUT2D eigenvalue weighted by molar-refractivity contribution is 0.0513. The molecule has 2 rings (SSSR count). The van der Waals surface area contributed by atoms with Gasteiger partial charge in [0.15, 0.2) is 0 Å². The molecule has 0 amide bonds. The van der Waals surface area contributed by atoms with Crippen LogP contribution in [0.25, 0.3) is 0 Å². The van der Waals surface area contributed by atoms with Crippen LogP contribution in [0.2, 0.25) is 0 Å². The van der Waals surface area contributed by atoms with E-state index < -0.39 is 0 Å². The Hall–Kier alpha value is 0.230. The summed E-state index contributed by atoms with van der Waals surface area (Å²) in [5.74, 6) is 2.48. The van der Waals surface area contributed by atoms with Crippen molar-refractivity contribution in [1.29, 1.82) is 0 Å². The van der Waals surface area contributed by atoms with Crippen LogP contribution in [0.4, 0.5) is 0 Å². The predicted octanol–water partition coefficient (Wildman–Crippen LogP) is 0.542. The van der Waals surface area contributed by atoms with E-state index in [0.29, 0.717) is 6.04 Å². The van der Waals surface area contributed by atoms with E-state index >= 15 is 0 Å². The smallest absolute Gasteiger partial charge is 0.0663 e. The second kappa shape index (κ2) is 4.39. The number of nitrogens with zero attached hydrogens (tertiary/aromatic N) is 1. The summed E-state index contributed by atoms with van der Waals surface area (Å²) in [6, 6.07) is 0.652. The van der Waals surface area contributed by atoms with Gasteiger partial charge in [0.2, 0.25) is 0 Å². The molecule has 2 N–H and O–H groups in total. The fraction of sp³-hybridized carbons (Fsp3) is 1.00. The van der Waals surface area contributed by atoms with Gasteiger partial charge < -0.3 is 10.5 Å². The van der Waals surface area contributed by atoms with Crippen LogP contribution < -0.4 is 5.73 Å². The summed E-state index contributed by atoms with van der Waals surface area (Å²) in [5.41, 5.74) is 6.09. The highest BCUT2D eigenvalue weighted by atomic mass is 32.2. The van der Waals surface area contributed by atoms with Crippen molar-refractivity contribution in [3.63, 3.8) is 0 Å². The second-order valence-corrected chi connectivity index (χ2v) is 5.50. The highest BCUT2D eigenvalue weighted by Gasteiger charge is 2.42. The molecule has 4 heteroatoms. The zero-order valence-electron chi connectivity index (χ0n) is 8.87. The van der Waals surface area contributed by atoms with Gasteiger partial charge in [0.05, 0.1) is 12.1 Å². The molecule has 0 bridgehead atoms. The van der Waals surface area contributed by atoms with Crippen molar-refractivity contribution in [2.24, 2.45) is 5.73 Å². The van der Waals surface area contributed by atoms with Gasteiger partial charge in [-0.2, -0.15) is 11.8 Å². The van der Waals surface area contributed by atoms with Gasteiger partial charge in [0.25, 0.3) is 0 Å². The van der Waals surface area contributed by atoms with Crippen molar-refractivity contribution >= 4 is 11.8 Å². The van der Waals surface area contributed by atoms with Gasteiger partial charge in [-0.15, -0.1) is 0 Å². The Balaban J connectivity index is 2.09. The lowest BCUT2D eigenvalue weighted by atomic mass is 9.94. The second-order valence-electron chi connectivity index (χ2n) is 4.35. The van der Waals surface area contributed by atoms with Crippen molar-refractivity contribution in [2.75, 3.05) is 37.8 Å². The van der Waals surface area contributed by atoms with E-state index in [1.54, 1.807) is 0 Å². The molecule has 2 atom stereocenters. The number of ether oxygens (including phenoxy) is 1. The van der Waals surface area contributed by atoms with Gasteiger partial charge in [-0.05, 0) is 13.3 Å². The van der Waals surface area contributed by atoms with Crippen LogP contribution in [-0.4, -0.2) is 54.3 Å². The molecule has 14 heavy (non-hydrogen) atoms. The molecule has 0 saturated carbocycles. The van der Waals surface area contributed by atoms with E-state index in [4.69, 9.17) is 10.5 Å². The fourth-order valence-corrected chi connectivity index (χ4v) is 3.55. The molecule has 2 unspecified atom stereocenters. The molecule has 82 valence electrons. The van der Waals surface area contributed by atoms with Gasteiger partial charge in [0, 0.05) is 37.2 Å². The van der Waals surface area contributed by atoms with Gasteiger partial charge in [-0.25, -0.2) is 0 Å². The van der Waals surface area contributed by atoms with Crippen LogP contribution >= 0.6 is 11.8 Å². The van der Waals surface area contributed by atoms with Crippen molar-refractivity contribution in [3.05, 3.63) is 0 Å². The third-order valence-corrected chi connectivity index (χ3v) is 4.63. The zero-order chi connectivity index (χ0) is 10.0. The highest BCUT2D eigenvalue weighted by Crippen LogP contribution is 2.30. The number of hydrogen-bond donors (Lipinski definition) is 1. The Morgan fingerprint density at radius 3 is 3.07 bits per heavy atom. The average Bonchev–Trinajstić information content (AvgIpc) is 2.68. The highest BCUT2D eigenvalue weighted by molar-refractivity contribution is 7.99. The maximum absolute atomic E-state index is 5.93. The monoisotopic (exact) mass is 216 g/mol. The minimum atomic E-state index is 0.153. The molecule has 0 spiro atoms. The van der Waals surface area contributed by atoms with Crippen LogP contribution in [0.15, 0.2) is 0 Å². The minimum absolute atomic E-state index is 0.153. The van der Waals surface area contributed by atoms with Gasteiger partial charge in [0.1, 0.15) is 0 Å². The van der Waals surface area contributed by atoms with Crippen molar-refractivity contribution in [3.8, 4) is 0 Å². The first-order valence-corrected chi connectivity index (χ1v) is 6.56. The van der Waals surface area contributed by atoms with Crippen LogP contribution in [0.1, 0.15) is 13.3 Å². The molecule has 2 aliphatic heterocycles. The Morgan fingerprint density at radius 1 is 1.64 bits per heavy atom. The average molecular weight is 216 g/mol. The van der Waals surface area contributed by atoms with Crippen molar-refractivity contribution in [2.45, 2.75) is 24.9 Å². The lowest BCUT2D eigenvalue weighted by Gasteiger charge is -2.45. The quantitative estimate of drug-likeness (QED) is 0.731. The molecular formula is C10H20N2OS. The van der Waals surface area contributed by atoms with Crippen LogP contribution in [-0.2, 0) is 4.74 Å². The number of nitrogens with two attached hydrogens (primary N) is 1. The maximum atomic E-state index is 5.93. The molecule has 2 fully saturated rings. The van der Waals surface area contributed by atoms with Gasteiger partial charge >= 0.3 is 0 Å². The van der Waals surface area contributed by atoms with E-state index in [0.717, 1.165) is 26.2 Å². The summed E-state index contributed by atoms with van der Waals surface area (Å²) >= 11 is 2.05. The first kappa shape index (κ1) is 10.7. The molecule has 0 radical (unpaired) electrons. The Kier molecular flexibility index (Phi) is 3.37. The van der Waals surface area contributed by atoms with Crippen molar-refractivity contribution in [1.82, 2.24) is 4.90 Å². The normalized spacial score (nSPS) is 40.3. The van der Waals surface area contributed by atoms with Gasteiger partial charge in [-0.1, -0.05) is 0 Å². The Labute approximate surface area is 90.3 Å². The lowest BCUT2D eigenvalue weighted by Crippen LogP contribution is -2.60. The molecule has 2 aliphatic rings. The SMILES string of the molecule is CC1CSCCN1C1(CN)CCOC1. The summed E-state index contributed by atoms with van der Waals surface area (Å²) in [6.07, 6.45) is 1.11. The molecule has 2 saturated heterocycles. The van der Waals surface area contributed by atoms with E-state index in [-0.39, 0.29) is 5.54 Å². The van der Waals surface area contributed by atoms with E-state index in [1.165, 1.54) is 18.1 Å². The summed E-state index contributed by atoms with van der Waals surface area (Å²) in [5, 5.41) is 0. The summed E-state index contributed by atoms with van der Waals surface area (Å²) in [7, 11) is 0. The van der Waals surface area contributed by atoms with Crippen LogP contribution in [0.5, 0.6) is 0 Å². The Morgan fingerprint density at radius 2 is 2.50 bits per heavy atom. The van der Waals surface area contributed by atoms with Gasteiger partial charge in [-0.3, -0.25) is 4.90 Å². The summed E-state index contributed by atoms with van der Waals surface area (Å²) < 4.78 is 5.52. The third-order valence-electron chi connectivity index (χ3n) is 3.44. The molecule has 0 aromatic carbocycles. The zero-order valence-corrected chi connectivity index (χ0v) is 9.68. The molecular weight excluding hydrogens is 196 g/mol. The largest absolute Gasteiger partial charge is 0.379 e. The first-order valence-electron chi connectivity index (χ1n) is 5.41. The van der Waals surface area contributed by atoms with E-state index in [9.17, 15) is 0 Å². The number of hydrogen-bond acceptors (Lipinski definition) is 4. The summed E-state index contributed by atoms with van der Waals surface area (Å²) in [4.78, 5) is 2.58. The van der Waals surface area contributed by atoms with Crippen LogP contribution in [0, 0.1) is 0 Å². The number of rotatable bonds is 2. The minimum Gasteiger partial charge on any atom is -0.379 e. The van der Waals surface area contributed by atoms with Crippen molar-refractivity contribution < 1.29 is 4.74 Å². The molecule has 0 aliphatic carbocycles.